The standard InChI is InChI=1S/C21H33N3O3S/c1-19(2,3)27-18(25)24-12-9-21(10-13-24)16(23-28(26)20(4,5)6)14-15-8-7-11-22-17(15)21/h7-8,11,16,23H,9-10,12-14H2,1-6H3/t16-,28?/m1/s1. The van der Waals surface area contributed by atoms with E-state index in [1.54, 1.807) is 4.90 Å². The number of amides is 1. The summed E-state index contributed by atoms with van der Waals surface area (Å²) in [5.41, 5.74) is 1.62. The second-order valence-electron chi connectivity index (χ2n) is 9.89. The van der Waals surface area contributed by atoms with E-state index >= 15 is 0 Å². The monoisotopic (exact) mass is 407 g/mol. The van der Waals surface area contributed by atoms with Gasteiger partial charge in [-0.05, 0) is 72.4 Å². The predicted molar refractivity (Wildman–Crippen MR) is 111 cm³/mol. The SMILES string of the molecule is CC(C)(C)OC(=O)N1CCC2(CC1)c1ncccc1C[C@H]2NS(=O)C(C)(C)C. The number of hydrogen-bond donors (Lipinski definition) is 1. The Kier molecular flexibility index (Phi) is 5.62. The van der Waals surface area contributed by atoms with Crippen molar-refractivity contribution in [1.29, 1.82) is 0 Å². The van der Waals surface area contributed by atoms with E-state index in [1.807, 2.05) is 53.8 Å². The number of nitrogens with zero attached hydrogens (tertiary/aromatic N) is 2. The fourth-order valence-corrected chi connectivity index (χ4v) is 5.01. The van der Waals surface area contributed by atoms with Gasteiger partial charge >= 0.3 is 6.09 Å². The number of piperidine rings is 1. The zero-order valence-electron chi connectivity index (χ0n) is 17.9. The number of pyridine rings is 1. The molecule has 0 bridgehead atoms. The van der Waals surface area contributed by atoms with Crippen molar-refractivity contribution in [2.45, 2.75) is 82.6 Å². The number of carbonyl (C=O) groups is 1. The van der Waals surface area contributed by atoms with Crippen LogP contribution in [0.3, 0.4) is 0 Å². The molecule has 1 unspecified atom stereocenters. The Morgan fingerprint density at radius 3 is 2.46 bits per heavy atom. The van der Waals surface area contributed by atoms with Gasteiger partial charge in [0, 0.05) is 30.7 Å². The number of hydrogen-bond acceptors (Lipinski definition) is 4. The molecule has 6 nitrogen and oxygen atoms in total. The maximum Gasteiger partial charge on any atom is 0.410 e. The van der Waals surface area contributed by atoms with Crippen LogP contribution in [0.5, 0.6) is 0 Å². The molecule has 1 N–H and O–H groups in total. The average molecular weight is 408 g/mol. The van der Waals surface area contributed by atoms with E-state index in [4.69, 9.17) is 9.72 Å². The van der Waals surface area contributed by atoms with Crippen LogP contribution in [0.1, 0.15) is 65.6 Å². The van der Waals surface area contributed by atoms with Crippen molar-refractivity contribution in [1.82, 2.24) is 14.6 Å². The van der Waals surface area contributed by atoms with E-state index in [-0.39, 0.29) is 22.3 Å². The topological polar surface area (TPSA) is 71.5 Å². The number of ether oxygens (including phenoxy) is 1. The Morgan fingerprint density at radius 1 is 1.25 bits per heavy atom. The van der Waals surface area contributed by atoms with E-state index in [9.17, 15) is 9.00 Å². The number of rotatable bonds is 2. The second kappa shape index (κ2) is 7.41. The van der Waals surface area contributed by atoms with Crippen molar-refractivity contribution >= 4 is 17.1 Å². The fraction of sp³-hybridized carbons (Fsp3) is 0.714. The lowest BCUT2D eigenvalue weighted by Crippen LogP contribution is -2.55. The summed E-state index contributed by atoms with van der Waals surface area (Å²) in [6.45, 7) is 12.8. The summed E-state index contributed by atoms with van der Waals surface area (Å²) in [5.74, 6) is 0. The lowest BCUT2D eigenvalue weighted by Gasteiger charge is -2.43. The molecule has 1 aromatic rings. The molecule has 2 aliphatic rings. The number of nitrogens with one attached hydrogen (secondary N) is 1. The van der Waals surface area contributed by atoms with Gasteiger partial charge in [-0.2, -0.15) is 0 Å². The van der Waals surface area contributed by atoms with Gasteiger partial charge in [0.25, 0.3) is 0 Å². The maximum absolute atomic E-state index is 12.8. The third kappa shape index (κ3) is 4.25. The molecule has 2 atom stereocenters. The molecule has 1 aliphatic heterocycles. The Labute approximate surface area is 171 Å². The van der Waals surface area contributed by atoms with Crippen molar-refractivity contribution in [2.75, 3.05) is 13.1 Å². The van der Waals surface area contributed by atoms with Crippen LogP contribution in [0.25, 0.3) is 0 Å². The van der Waals surface area contributed by atoms with Gasteiger partial charge in [0.1, 0.15) is 5.60 Å². The molecule has 2 heterocycles. The van der Waals surface area contributed by atoms with Gasteiger partial charge in [0.05, 0.1) is 21.4 Å². The lowest BCUT2D eigenvalue weighted by atomic mass is 9.73. The largest absolute Gasteiger partial charge is 0.444 e. The molecule has 0 radical (unpaired) electrons. The third-order valence-electron chi connectivity index (χ3n) is 5.57. The molecule has 1 spiro atoms. The number of fused-ring (bicyclic) bond motifs is 2. The first-order valence-electron chi connectivity index (χ1n) is 10.0. The van der Waals surface area contributed by atoms with E-state index < -0.39 is 16.6 Å². The molecule has 1 aromatic heterocycles. The molecule has 156 valence electrons. The number of carbonyl (C=O) groups excluding carboxylic acids is 1. The summed E-state index contributed by atoms with van der Waals surface area (Å²) in [5, 5.41) is 0. The number of aromatic nitrogens is 1. The van der Waals surface area contributed by atoms with Crippen molar-refractivity contribution in [3.8, 4) is 0 Å². The highest BCUT2D eigenvalue weighted by atomic mass is 32.2. The van der Waals surface area contributed by atoms with E-state index in [1.165, 1.54) is 5.56 Å². The first kappa shape index (κ1) is 21.2. The van der Waals surface area contributed by atoms with Gasteiger partial charge in [-0.3, -0.25) is 4.98 Å². The molecular formula is C21H33N3O3S. The quantitative estimate of drug-likeness (QED) is 0.816. The predicted octanol–water partition coefficient (Wildman–Crippen LogP) is 3.33. The minimum atomic E-state index is -1.16. The minimum absolute atomic E-state index is 0.0539. The lowest BCUT2D eigenvalue weighted by molar-refractivity contribution is 0.0150. The van der Waals surface area contributed by atoms with E-state index in [0.717, 1.165) is 25.0 Å². The van der Waals surface area contributed by atoms with Gasteiger partial charge < -0.3 is 9.64 Å². The van der Waals surface area contributed by atoms with Crippen LogP contribution in [-0.4, -0.2) is 49.7 Å². The van der Waals surface area contributed by atoms with Crippen LogP contribution < -0.4 is 4.72 Å². The van der Waals surface area contributed by atoms with Gasteiger partial charge in [0.2, 0.25) is 0 Å². The molecule has 1 aliphatic carbocycles. The molecule has 28 heavy (non-hydrogen) atoms. The Balaban J connectivity index is 1.81. The molecule has 7 heteroatoms. The summed E-state index contributed by atoms with van der Waals surface area (Å²) in [7, 11) is -1.16. The van der Waals surface area contributed by atoms with Gasteiger partial charge in [-0.15, -0.1) is 0 Å². The Morgan fingerprint density at radius 2 is 1.89 bits per heavy atom. The maximum atomic E-state index is 12.8. The molecule has 1 saturated heterocycles. The Bertz CT molecular complexity index is 759. The molecule has 0 saturated carbocycles. The first-order chi connectivity index (χ1) is 12.9. The zero-order valence-corrected chi connectivity index (χ0v) is 18.7. The highest BCUT2D eigenvalue weighted by Crippen LogP contribution is 2.45. The number of likely N-dealkylation sites (tertiary alicyclic amines) is 1. The van der Waals surface area contributed by atoms with Crippen LogP contribution in [-0.2, 0) is 27.6 Å². The minimum Gasteiger partial charge on any atom is -0.444 e. The van der Waals surface area contributed by atoms with Gasteiger partial charge in [-0.25, -0.2) is 13.7 Å². The Hall–Kier alpha value is -1.47. The summed E-state index contributed by atoms with van der Waals surface area (Å²) in [6.07, 6.45) is 3.97. The van der Waals surface area contributed by atoms with Crippen molar-refractivity contribution in [2.24, 2.45) is 0 Å². The van der Waals surface area contributed by atoms with E-state index in [0.29, 0.717) is 13.1 Å². The van der Waals surface area contributed by atoms with Crippen LogP contribution in [0.2, 0.25) is 0 Å². The molecule has 1 fully saturated rings. The van der Waals surface area contributed by atoms with Gasteiger partial charge in [-0.1, -0.05) is 6.07 Å². The van der Waals surface area contributed by atoms with Crippen molar-refractivity contribution < 1.29 is 13.7 Å². The third-order valence-corrected chi connectivity index (χ3v) is 7.18. The molecule has 3 rings (SSSR count). The van der Waals surface area contributed by atoms with Crippen LogP contribution in [0, 0.1) is 0 Å². The average Bonchev–Trinajstić information content (AvgIpc) is 2.87. The van der Waals surface area contributed by atoms with Gasteiger partial charge in [0.15, 0.2) is 0 Å². The van der Waals surface area contributed by atoms with Crippen LogP contribution in [0.15, 0.2) is 18.3 Å². The normalized spacial score (nSPS) is 22.8. The fourth-order valence-electron chi connectivity index (χ4n) is 4.09. The molecule has 0 aromatic carbocycles. The smallest absolute Gasteiger partial charge is 0.410 e. The van der Waals surface area contributed by atoms with Crippen molar-refractivity contribution in [3.05, 3.63) is 29.6 Å². The van der Waals surface area contributed by atoms with Crippen LogP contribution in [0.4, 0.5) is 4.79 Å². The van der Waals surface area contributed by atoms with Crippen LogP contribution >= 0.6 is 0 Å². The summed E-state index contributed by atoms with van der Waals surface area (Å²) < 4.78 is 21.4. The molecule has 1 amide bonds. The van der Waals surface area contributed by atoms with Crippen molar-refractivity contribution in [3.63, 3.8) is 0 Å². The highest BCUT2D eigenvalue weighted by Gasteiger charge is 2.51. The summed E-state index contributed by atoms with van der Waals surface area (Å²) >= 11 is 0. The highest BCUT2D eigenvalue weighted by molar-refractivity contribution is 7.84. The molecular weight excluding hydrogens is 374 g/mol. The first-order valence-corrected chi connectivity index (χ1v) is 11.2. The zero-order chi connectivity index (χ0) is 20.7. The summed E-state index contributed by atoms with van der Waals surface area (Å²) in [4.78, 5) is 19.0. The van der Waals surface area contributed by atoms with E-state index in [2.05, 4.69) is 10.8 Å². The summed E-state index contributed by atoms with van der Waals surface area (Å²) in [6, 6.07) is 4.13. The second-order valence-corrected chi connectivity index (χ2v) is 11.9.